The van der Waals surface area contributed by atoms with Crippen LogP contribution in [0, 0.1) is 0 Å². The molecule has 0 unspecified atom stereocenters. The smallest absolute Gasteiger partial charge is 0.258 e. The molecular weight excluding hydrogens is 541 g/mol. The summed E-state index contributed by atoms with van der Waals surface area (Å²) in [7, 11) is -2.30. The van der Waals surface area contributed by atoms with Crippen molar-refractivity contribution in [2.24, 2.45) is 0 Å². The molecule has 41 heavy (non-hydrogen) atoms. The number of carbonyl (C=O) groups is 4. The van der Waals surface area contributed by atoms with E-state index in [-0.39, 0.29) is 57.5 Å². The van der Waals surface area contributed by atoms with Crippen LogP contribution in [-0.4, -0.2) is 69.3 Å². The van der Waals surface area contributed by atoms with Gasteiger partial charge in [0, 0.05) is 19.5 Å². The van der Waals surface area contributed by atoms with Gasteiger partial charge in [0.1, 0.15) is 36.4 Å². The second kappa shape index (κ2) is 17.0. The highest BCUT2D eigenvalue weighted by molar-refractivity contribution is 7.96. The third kappa shape index (κ3) is 9.90. The summed E-state index contributed by atoms with van der Waals surface area (Å²) in [5, 5.41) is 11.1. The molecule has 0 saturated heterocycles. The van der Waals surface area contributed by atoms with Crippen molar-refractivity contribution in [2.75, 3.05) is 45.7 Å². The molecule has 0 radical (unpaired) electrons. The van der Waals surface area contributed by atoms with Gasteiger partial charge in [-0.3, -0.25) is 24.5 Å². The van der Waals surface area contributed by atoms with Gasteiger partial charge in [-0.2, -0.15) is 0 Å². The molecule has 9 nitrogen and oxygen atoms in total. The summed E-state index contributed by atoms with van der Waals surface area (Å²) in [5.74, 6) is -1.43. The first-order valence-corrected chi connectivity index (χ1v) is 15.5. The van der Waals surface area contributed by atoms with Crippen LogP contribution in [0.2, 0.25) is 0 Å². The summed E-state index contributed by atoms with van der Waals surface area (Å²) in [6, 6.07) is 30.4. The van der Waals surface area contributed by atoms with Crippen molar-refractivity contribution >= 4 is 46.8 Å². The van der Waals surface area contributed by atoms with Crippen molar-refractivity contribution in [1.29, 1.82) is 0 Å². The molecule has 4 amide bonds. The minimum Gasteiger partial charge on any atom is -0.370 e. The highest BCUT2D eigenvalue weighted by Gasteiger charge is 2.47. The molecule has 3 N–H and O–H groups in total. The predicted molar refractivity (Wildman–Crippen MR) is 161 cm³/mol. The maximum atomic E-state index is 13.3. The van der Waals surface area contributed by atoms with Gasteiger partial charge in [-0.15, -0.1) is 0 Å². The number of ether oxygens (including phenoxy) is 2. The van der Waals surface area contributed by atoms with Gasteiger partial charge in [-0.1, -0.05) is 61.5 Å². The molecule has 0 fully saturated rings. The molecule has 0 aliphatic heterocycles. The van der Waals surface area contributed by atoms with Crippen LogP contribution in [0.25, 0.3) is 0 Å². The summed E-state index contributed by atoms with van der Waals surface area (Å²) in [6.07, 6.45) is 0.651. The average Bonchev–Trinajstić information content (AvgIpc) is 3.00. The number of benzene rings is 3. The second-order valence-corrected chi connectivity index (χ2v) is 12.6. The molecule has 0 atom stereocenters. The van der Waals surface area contributed by atoms with Gasteiger partial charge >= 0.3 is 0 Å². The summed E-state index contributed by atoms with van der Waals surface area (Å²) < 4.78 is 10.5. The number of amides is 4. The lowest BCUT2D eigenvalue weighted by molar-refractivity contribution is -0.135. The molecule has 10 heteroatoms. The monoisotopic (exact) mass is 578 g/mol. The van der Waals surface area contributed by atoms with Crippen LogP contribution in [-0.2, 0) is 28.7 Å². The van der Waals surface area contributed by atoms with Crippen molar-refractivity contribution in [1.82, 2.24) is 16.0 Å². The molecule has 0 aliphatic rings. The molecule has 0 heterocycles. The maximum absolute atomic E-state index is 13.3. The van der Waals surface area contributed by atoms with Gasteiger partial charge < -0.3 is 20.1 Å². The zero-order valence-electron chi connectivity index (χ0n) is 23.2. The van der Waals surface area contributed by atoms with Gasteiger partial charge in [0.05, 0.1) is 13.2 Å². The Kier molecular flexibility index (Phi) is 13.1. The molecule has 3 aromatic carbocycles. The normalized spacial score (nSPS) is 11.0. The number of imide groups is 1. The quantitative estimate of drug-likeness (QED) is 0.174. The van der Waals surface area contributed by atoms with Gasteiger partial charge in [-0.05, 0) is 36.4 Å². The van der Waals surface area contributed by atoms with E-state index in [4.69, 9.17) is 9.47 Å². The van der Waals surface area contributed by atoms with Crippen molar-refractivity contribution in [3.05, 3.63) is 91.0 Å². The minimum absolute atomic E-state index is 0.105. The first-order valence-electron chi connectivity index (χ1n) is 13.5. The number of nitrogens with one attached hydrogen (secondary N) is 3. The van der Waals surface area contributed by atoms with E-state index in [1.165, 1.54) is 0 Å². The van der Waals surface area contributed by atoms with Gasteiger partial charge in [-0.25, -0.2) is 0 Å². The van der Waals surface area contributed by atoms with E-state index < -0.39 is 19.1 Å². The van der Waals surface area contributed by atoms with E-state index in [0.29, 0.717) is 6.42 Å². The Morgan fingerprint density at radius 3 is 1.37 bits per heavy atom. The van der Waals surface area contributed by atoms with Crippen molar-refractivity contribution in [2.45, 2.75) is 13.3 Å². The first kappa shape index (κ1) is 31.6. The number of rotatable bonds is 16. The van der Waals surface area contributed by atoms with Crippen LogP contribution < -0.4 is 31.9 Å². The van der Waals surface area contributed by atoms with E-state index in [9.17, 15) is 19.2 Å². The SMILES string of the molecule is CCC(=O)NCCOCC(=O)NC(=O)COCCNC(=O)C[P+](c1ccccc1)(c1ccccc1)c1ccccc1. The molecule has 3 rings (SSSR count). The Morgan fingerprint density at radius 1 is 0.585 bits per heavy atom. The summed E-state index contributed by atoms with van der Waals surface area (Å²) in [6.45, 7) is 1.86. The summed E-state index contributed by atoms with van der Waals surface area (Å²) in [5.41, 5.74) is 0. The molecule has 0 aromatic heterocycles. The van der Waals surface area contributed by atoms with Crippen molar-refractivity contribution < 1.29 is 28.7 Å². The molecule has 0 bridgehead atoms. The fraction of sp³-hybridized carbons (Fsp3) is 0.290. The zero-order chi connectivity index (χ0) is 29.3. The van der Waals surface area contributed by atoms with Crippen LogP contribution in [0.5, 0.6) is 0 Å². The number of hydrogen-bond donors (Lipinski definition) is 3. The number of hydrogen-bond acceptors (Lipinski definition) is 6. The lowest BCUT2D eigenvalue weighted by atomic mass is 10.4. The van der Waals surface area contributed by atoms with E-state index in [1.54, 1.807) is 6.92 Å². The van der Waals surface area contributed by atoms with Crippen LogP contribution in [0.4, 0.5) is 0 Å². The Labute approximate surface area is 241 Å². The molecule has 0 saturated carbocycles. The van der Waals surface area contributed by atoms with E-state index in [2.05, 4.69) is 52.3 Å². The van der Waals surface area contributed by atoms with E-state index >= 15 is 0 Å². The Bertz CT molecular complexity index is 1160. The largest absolute Gasteiger partial charge is 0.370 e. The lowest BCUT2D eigenvalue weighted by Gasteiger charge is -2.27. The molecule has 0 spiro atoms. The summed E-state index contributed by atoms with van der Waals surface area (Å²) >= 11 is 0. The second-order valence-electron chi connectivity index (χ2n) is 9.10. The standard InChI is InChI=1S/C31H36N3O6P/c1-2-28(35)32-18-20-39-22-29(36)34-30(37)23-40-21-19-33-31(38)24-41(25-12-6-3-7-13-25,26-14-8-4-9-15-26)27-16-10-5-11-17-27/h3-17H,2,18-24H2,1H3,(H2-,32,33,34,35,36,37,38)/p+1. The molecule has 0 aliphatic carbocycles. The topological polar surface area (TPSA) is 123 Å². The first-order chi connectivity index (χ1) is 20.0. The third-order valence-electron chi connectivity index (χ3n) is 6.18. The molecular formula is C31H37N3O6P+. The minimum atomic E-state index is -2.30. The van der Waals surface area contributed by atoms with Crippen LogP contribution in [0.15, 0.2) is 91.0 Å². The van der Waals surface area contributed by atoms with E-state index in [1.807, 2.05) is 54.6 Å². The highest BCUT2D eigenvalue weighted by atomic mass is 31.2. The van der Waals surface area contributed by atoms with Gasteiger partial charge in [0.25, 0.3) is 17.7 Å². The Hall–Kier alpha value is -3.91. The molecule has 216 valence electrons. The fourth-order valence-corrected chi connectivity index (χ4v) is 8.28. The number of carbonyl (C=O) groups excluding carboxylic acids is 4. The van der Waals surface area contributed by atoms with Gasteiger partial charge in [0.15, 0.2) is 6.16 Å². The van der Waals surface area contributed by atoms with Crippen LogP contribution >= 0.6 is 7.26 Å². The third-order valence-corrected chi connectivity index (χ3v) is 10.5. The van der Waals surface area contributed by atoms with Crippen LogP contribution in [0.3, 0.4) is 0 Å². The zero-order valence-corrected chi connectivity index (χ0v) is 24.1. The average molecular weight is 579 g/mol. The lowest BCUT2D eigenvalue weighted by Crippen LogP contribution is -2.40. The maximum Gasteiger partial charge on any atom is 0.258 e. The molecule has 3 aromatic rings. The van der Waals surface area contributed by atoms with Crippen molar-refractivity contribution in [3.8, 4) is 0 Å². The van der Waals surface area contributed by atoms with E-state index in [0.717, 1.165) is 15.9 Å². The highest BCUT2D eigenvalue weighted by Crippen LogP contribution is 2.54. The van der Waals surface area contributed by atoms with Crippen molar-refractivity contribution in [3.63, 3.8) is 0 Å². The van der Waals surface area contributed by atoms with Crippen LogP contribution in [0.1, 0.15) is 13.3 Å². The fourth-order valence-electron chi connectivity index (χ4n) is 4.25. The Balaban J connectivity index is 1.50. The Morgan fingerprint density at radius 2 is 0.976 bits per heavy atom. The predicted octanol–water partition coefficient (Wildman–Crippen LogP) is 1.30. The van der Waals surface area contributed by atoms with Gasteiger partial charge in [0.2, 0.25) is 5.91 Å². The summed E-state index contributed by atoms with van der Waals surface area (Å²) in [4.78, 5) is 48.3.